The van der Waals surface area contributed by atoms with Crippen molar-refractivity contribution < 1.29 is 9.84 Å². The van der Waals surface area contributed by atoms with Crippen LogP contribution in [0.25, 0.3) is 10.8 Å². The van der Waals surface area contributed by atoms with Crippen molar-refractivity contribution in [1.82, 2.24) is 10.2 Å². The molecule has 1 aliphatic heterocycles. The third-order valence-corrected chi connectivity index (χ3v) is 6.71. The zero-order chi connectivity index (χ0) is 20.7. The first-order chi connectivity index (χ1) is 14.6. The number of anilines is 2. The number of nitrogens with zero attached hydrogens (tertiary/aromatic N) is 3. The van der Waals surface area contributed by atoms with Gasteiger partial charge in [0.15, 0.2) is 11.6 Å². The molecule has 156 valence electrons. The predicted molar refractivity (Wildman–Crippen MR) is 119 cm³/mol. The minimum atomic E-state index is -0.134. The van der Waals surface area contributed by atoms with Crippen LogP contribution in [-0.2, 0) is 6.54 Å². The summed E-state index contributed by atoms with van der Waals surface area (Å²) in [4.78, 5) is 2.33. The molecule has 0 bridgehead atoms. The highest BCUT2D eigenvalue weighted by atomic mass is 35.5. The van der Waals surface area contributed by atoms with E-state index in [-0.39, 0.29) is 11.5 Å². The second kappa shape index (κ2) is 7.60. The molecular formula is C23H25ClN4O2. The molecule has 30 heavy (non-hydrogen) atoms. The predicted octanol–water partition coefficient (Wildman–Crippen LogP) is 4.26. The van der Waals surface area contributed by atoms with E-state index in [0.717, 1.165) is 60.3 Å². The van der Waals surface area contributed by atoms with Gasteiger partial charge in [0, 0.05) is 30.4 Å². The van der Waals surface area contributed by atoms with Crippen LogP contribution in [-0.4, -0.2) is 41.6 Å². The van der Waals surface area contributed by atoms with Crippen LogP contribution in [0.2, 0.25) is 5.02 Å². The molecule has 1 saturated carbocycles. The number of aromatic nitrogens is 2. The molecule has 2 N–H and O–H groups in total. The van der Waals surface area contributed by atoms with Crippen molar-refractivity contribution in [3.05, 3.63) is 53.1 Å². The van der Waals surface area contributed by atoms with E-state index >= 15 is 0 Å². The first kappa shape index (κ1) is 19.4. The molecule has 2 aromatic carbocycles. The van der Waals surface area contributed by atoms with Gasteiger partial charge in [-0.3, -0.25) is 0 Å². The first-order valence-corrected chi connectivity index (χ1v) is 10.7. The van der Waals surface area contributed by atoms with Gasteiger partial charge in [0.25, 0.3) is 0 Å². The molecule has 6 nitrogen and oxygen atoms in total. The van der Waals surface area contributed by atoms with Crippen LogP contribution in [0, 0.1) is 5.41 Å². The van der Waals surface area contributed by atoms with E-state index in [1.54, 1.807) is 7.11 Å². The number of rotatable bonds is 5. The molecule has 1 aliphatic carbocycles. The Kier molecular flexibility index (Phi) is 4.91. The van der Waals surface area contributed by atoms with Crippen molar-refractivity contribution in [2.45, 2.75) is 31.9 Å². The number of hydrogen-bond acceptors (Lipinski definition) is 6. The standard InChI is InChI=1S/C23H25ClN4O2/c1-30-20-7-6-15(10-19(20)24)13-25-21-17-4-2-3-5-18(17)22(27-26-21)28-9-8-23(14-28)11-16(29)12-23/h2-7,10,16,29H,8-9,11-14H2,1H3,(H,25,26). The van der Waals surface area contributed by atoms with Crippen molar-refractivity contribution in [2.24, 2.45) is 5.41 Å². The molecule has 2 fully saturated rings. The molecule has 0 radical (unpaired) electrons. The van der Waals surface area contributed by atoms with Gasteiger partial charge >= 0.3 is 0 Å². The Labute approximate surface area is 180 Å². The number of nitrogens with one attached hydrogen (secondary N) is 1. The van der Waals surface area contributed by atoms with Crippen molar-refractivity contribution >= 4 is 34.0 Å². The summed E-state index contributed by atoms with van der Waals surface area (Å²) in [5, 5.41) is 25.0. The van der Waals surface area contributed by atoms with Crippen LogP contribution in [0.3, 0.4) is 0 Å². The topological polar surface area (TPSA) is 70.5 Å². The van der Waals surface area contributed by atoms with E-state index in [1.807, 2.05) is 30.3 Å². The Hall–Kier alpha value is -2.57. The van der Waals surface area contributed by atoms with E-state index in [0.29, 0.717) is 17.3 Å². The summed E-state index contributed by atoms with van der Waals surface area (Å²) < 4.78 is 5.22. The van der Waals surface area contributed by atoms with Gasteiger partial charge in [-0.05, 0) is 42.4 Å². The first-order valence-electron chi connectivity index (χ1n) is 10.3. The number of fused-ring (bicyclic) bond motifs is 1. The molecule has 2 heterocycles. The van der Waals surface area contributed by atoms with Gasteiger partial charge in [0.2, 0.25) is 0 Å². The zero-order valence-corrected chi connectivity index (χ0v) is 17.7. The van der Waals surface area contributed by atoms with Gasteiger partial charge < -0.3 is 20.1 Å². The zero-order valence-electron chi connectivity index (χ0n) is 16.9. The molecule has 2 aliphatic rings. The summed E-state index contributed by atoms with van der Waals surface area (Å²) in [6.45, 7) is 2.49. The second-order valence-electron chi connectivity index (χ2n) is 8.47. The number of benzene rings is 2. The van der Waals surface area contributed by atoms with Crippen LogP contribution in [0.15, 0.2) is 42.5 Å². The van der Waals surface area contributed by atoms with Gasteiger partial charge in [-0.25, -0.2) is 0 Å². The fourth-order valence-corrected chi connectivity index (χ4v) is 5.13. The minimum Gasteiger partial charge on any atom is -0.495 e. The summed E-state index contributed by atoms with van der Waals surface area (Å²) in [5.74, 6) is 2.36. The van der Waals surface area contributed by atoms with Crippen LogP contribution < -0.4 is 15.0 Å². The Bertz CT molecular complexity index is 1080. The molecule has 7 heteroatoms. The van der Waals surface area contributed by atoms with Gasteiger partial charge in [0.05, 0.1) is 18.2 Å². The SMILES string of the molecule is COc1ccc(CNc2nnc(N3CCC4(CC(O)C4)C3)c3ccccc23)cc1Cl. The lowest BCUT2D eigenvalue weighted by Crippen LogP contribution is -2.43. The van der Waals surface area contributed by atoms with Crippen LogP contribution in [0.5, 0.6) is 5.75 Å². The maximum Gasteiger partial charge on any atom is 0.159 e. The molecule has 3 aromatic rings. The van der Waals surface area contributed by atoms with E-state index in [4.69, 9.17) is 16.3 Å². The summed E-state index contributed by atoms with van der Waals surface area (Å²) in [6.07, 6.45) is 2.78. The monoisotopic (exact) mass is 424 g/mol. The Balaban J connectivity index is 1.38. The van der Waals surface area contributed by atoms with E-state index in [2.05, 4.69) is 32.5 Å². The van der Waals surface area contributed by atoms with Crippen LogP contribution >= 0.6 is 11.6 Å². The summed E-state index contributed by atoms with van der Waals surface area (Å²) in [6, 6.07) is 14.0. The highest BCUT2D eigenvalue weighted by Crippen LogP contribution is 2.49. The Morgan fingerprint density at radius 1 is 1.20 bits per heavy atom. The maximum absolute atomic E-state index is 9.77. The van der Waals surface area contributed by atoms with E-state index in [1.165, 1.54) is 0 Å². The summed E-state index contributed by atoms with van der Waals surface area (Å²) in [5.41, 5.74) is 1.30. The second-order valence-corrected chi connectivity index (χ2v) is 8.88. The van der Waals surface area contributed by atoms with Crippen molar-refractivity contribution in [3.63, 3.8) is 0 Å². The third kappa shape index (κ3) is 3.44. The van der Waals surface area contributed by atoms with Gasteiger partial charge in [0.1, 0.15) is 5.75 Å². The number of ether oxygens (including phenoxy) is 1. The average molecular weight is 425 g/mol. The molecule has 1 spiro atoms. The normalized spacial score (nSPS) is 23.0. The highest BCUT2D eigenvalue weighted by molar-refractivity contribution is 6.32. The summed E-state index contributed by atoms with van der Waals surface area (Å²) >= 11 is 6.25. The van der Waals surface area contributed by atoms with Crippen LogP contribution in [0.1, 0.15) is 24.8 Å². The Morgan fingerprint density at radius 2 is 2.00 bits per heavy atom. The quantitative estimate of drug-likeness (QED) is 0.637. The minimum absolute atomic E-state index is 0.134. The fraction of sp³-hybridized carbons (Fsp3) is 0.391. The van der Waals surface area contributed by atoms with Gasteiger partial charge in [-0.1, -0.05) is 41.9 Å². The number of methoxy groups -OCH3 is 1. The lowest BCUT2D eigenvalue weighted by Gasteiger charge is -2.42. The van der Waals surface area contributed by atoms with Crippen molar-refractivity contribution in [3.8, 4) is 5.75 Å². The number of aliphatic hydroxyl groups is 1. The molecular weight excluding hydrogens is 400 g/mol. The third-order valence-electron chi connectivity index (χ3n) is 6.42. The van der Waals surface area contributed by atoms with Crippen molar-refractivity contribution in [2.75, 3.05) is 30.4 Å². The molecule has 0 atom stereocenters. The van der Waals surface area contributed by atoms with E-state index in [9.17, 15) is 5.11 Å². The summed E-state index contributed by atoms with van der Waals surface area (Å²) in [7, 11) is 1.61. The smallest absolute Gasteiger partial charge is 0.159 e. The number of halogens is 1. The number of hydrogen-bond donors (Lipinski definition) is 2. The molecule has 1 aromatic heterocycles. The molecule has 5 rings (SSSR count). The molecule has 1 saturated heterocycles. The Morgan fingerprint density at radius 3 is 2.73 bits per heavy atom. The van der Waals surface area contributed by atoms with Crippen LogP contribution in [0.4, 0.5) is 11.6 Å². The highest BCUT2D eigenvalue weighted by Gasteiger charge is 2.48. The lowest BCUT2D eigenvalue weighted by molar-refractivity contribution is -0.0179. The van der Waals surface area contributed by atoms with E-state index < -0.39 is 0 Å². The van der Waals surface area contributed by atoms with Gasteiger partial charge in [-0.2, -0.15) is 0 Å². The largest absolute Gasteiger partial charge is 0.495 e. The lowest BCUT2D eigenvalue weighted by atomic mass is 9.66. The van der Waals surface area contributed by atoms with Crippen molar-refractivity contribution in [1.29, 1.82) is 0 Å². The molecule has 0 unspecified atom stereocenters. The van der Waals surface area contributed by atoms with Gasteiger partial charge in [-0.15, -0.1) is 10.2 Å². The number of aliphatic hydroxyl groups excluding tert-OH is 1. The fourth-order valence-electron chi connectivity index (χ4n) is 4.85. The average Bonchev–Trinajstić information content (AvgIpc) is 3.17. The molecule has 0 amide bonds. The maximum atomic E-state index is 9.77.